The van der Waals surface area contributed by atoms with Crippen molar-refractivity contribution in [1.29, 1.82) is 5.26 Å². The van der Waals surface area contributed by atoms with Crippen molar-refractivity contribution in [3.63, 3.8) is 0 Å². The SMILES string of the molecule is CC(C)Cc1ccc(-c2nnc(-c3cccc4c3CC[C@H]4NC(=O)N3CCOCC3)s2)cc1C#N. The van der Waals surface area contributed by atoms with Crippen LogP contribution in [0.1, 0.15) is 48.6 Å². The number of amides is 2. The van der Waals surface area contributed by atoms with E-state index >= 15 is 0 Å². The van der Waals surface area contributed by atoms with Crippen molar-refractivity contribution in [2.24, 2.45) is 5.92 Å². The molecule has 8 heteroatoms. The van der Waals surface area contributed by atoms with E-state index in [1.54, 1.807) is 11.3 Å². The second-order valence-corrected chi connectivity index (χ2v) is 10.5. The number of morpholine rings is 1. The van der Waals surface area contributed by atoms with Gasteiger partial charge in [0.05, 0.1) is 30.9 Å². The smallest absolute Gasteiger partial charge is 0.318 e. The van der Waals surface area contributed by atoms with Crippen LogP contribution in [0.4, 0.5) is 4.79 Å². The summed E-state index contributed by atoms with van der Waals surface area (Å²) in [4.78, 5) is 14.6. The molecule has 1 aromatic heterocycles. The normalized spacial score (nSPS) is 17.3. The van der Waals surface area contributed by atoms with Crippen LogP contribution in [0, 0.1) is 17.2 Å². The predicted octanol–water partition coefficient (Wildman–Crippen LogP) is 4.97. The van der Waals surface area contributed by atoms with Gasteiger partial charge in [0, 0.05) is 24.2 Å². The third-order valence-electron chi connectivity index (χ3n) is 6.63. The van der Waals surface area contributed by atoms with Gasteiger partial charge in [-0.2, -0.15) is 5.26 Å². The van der Waals surface area contributed by atoms with Gasteiger partial charge in [-0.05, 0) is 47.9 Å². The Balaban J connectivity index is 1.37. The highest BCUT2D eigenvalue weighted by atomic mass is 32.1. The first-order valence-corrected chi connectivity index (χ1v) is 13.0. The summed E-state index contributed by atoms with van der Waals surface area (Å²) in [6, 6.07) is 14.5. The maximum absolute atomic E-state index is 12.7. The van der Waals surface area contributed by atoms with Gasteiger partial charge in [0.25, 0.3) is 0 Å². The molecule has 2 amide bonds. The average molecular weight is 488 g/mol. The Bertz CT molecular complexity index is 1270. The summed E-state index contributed by atoms with van der Waals surface area (Å²) < 4.78 is 5.36. The van der Waals surface area contributed by atoms with Crippen molar-refractivity contribution in [1.82, 2.24) is 20.4 Å². The number of nitriles is 1. The Labute approximate surface area is 209 Å². The van der Waals surface area contributed by atoms with Gasteiger partial charge in [-0.3, -0.25) is 0 Å². The van der Waals surface area contributed by atoms with Crippen LogP contribution >= 0.6 is 11.3 Å². The Morgan fingerprint density at radius 3 is 2.80 bits per heavy atom. The number of carbonyl (C=O) groups excluding carboxylic acids is 1. The number of carbonyl (C=O) groups is 1. The lowest BCUT2D eigenvalue weighted by Crippen LogP contribution is -2.46. The third-order valence-corrected chi connectivity index (χ3v) is 7.63. The van der Waals surface area contributed by atoms with E-state index < -0.39 is 0 Å². The largest absolute Gasteiger partial charge is 0.378 e. The lowest BCUT2D eigenvalue weighted by molar-refractivity contribution is 0.0525. The quantitative estimate of drug-likeness (QED) is 0.549. The van der Waals surface area contributed by atoms with Gasteiger partial charge in [-0.15, -0.1) is 10.2 Å². The Morgan fingerprint density at radius 2 is 2.03 bits per heavy atom. The van der Waals surface area contributed by atoms with Gasteiger partial charge in [0.2, 0.25) is 0 Å². The molecule has 0 radical (unpaired) electrons. The summed E-state index contributed by atoms with van der Waals surface area (Å²) >= 11 is 1.54. The van der Waals surface area contributed by atoms with Crippen LogP contribution in [0.5, 0.6) is 0 Å². The molecular formula is C27H29N5O2S. The lowest BCUT2D eigenvalue weighted by Gasteiger charge is -2.28. The summed E-state index contributed by atoms with van der Waals surface area (Å²) in [5, 5.41) is 23.5. The fraction of sp³-hybridized carbons (Fsp3) is 0.407. The molecule has 3 aromatic rings. The van der Waals surface area contributed by atoms with E-state index in [0.717, 1.165) is 51.5 Å². The molecule has 35 heavy (non-hydrogen) atoms. The monoisotopic (exact) mass is 487 g/mol. The molecule has 1 saturated heterocycles. The fourth-order valence-electron chi connectivity index (χ4n) is 4.89. The number of hydrogen-bond donors (Lipinski definition) is 1. The molecule has 0 spiro atoms. The Kier molecular flexibility index (Phi) is 6.80. The van der Waals surface area contributed by atoms with Crippen molar-refractivity contribution >= 4 is 17.4 Å². The summed E-state index contributed by atoms with van der Waals surface area (Å²) in [6.45, 7) is 6.75. The predicted molar refractivity (Wildman–Crippen MR) is 136 cm³/mol. The zero-order valence-electron chi connectivity index (χ0n) is 20.1. The molecule has 5 rings (SSSR count). The standard InChI is InChI=1S/C27H29N5O2S/c1-17(2)14-18-6-7-19(15-20(18)16-28)25-30-31-26(35-25)23-5-3-4-22-21(23)8-9-24(22)29-27(33)32-10-12-34-13-11-32/h3-7,15,17,24H,8-14H2,1-2H3,(H,29,33)/t24-/m1/s1. The molecule has 1 aliphatic heterocycles. The first kappa shape index (κ1) is 23.5. The van der Waals surface area contributed by atoms with Crippen LogP contribution in [0.15, 0.2) is 36.4 Å². The number of benzene rings is 2. The number of nitrogens with one attached hydrogen (secondary N) is 1. The van der Waals surface area contributed by atoms with Gasteiger partial charge in [-0.25, -0.2) is 4.79 Å². The van der Waals surface area contributed by atoms with E-state index in [1.165, 1.54) is 5.56 Å². The van der Waals surface area contributed by atoms with Crippen LogP contribution in [0.2, 0.25) is 0 Å². The summed E-state index contributed by atoms with van der Waals surface area (Å²) in [7, 11) is 0. The minimum Gasteiger partial charge on any atom is -0.378 e. The number of hydrogen-bond acceptors (Lipinski definition) is 6. The van der Waals surface area contributed by atoms with Crippen molar-refractivity contribution in [3.05, 3.63) is 58.7 Å². The highest BCUT2D eigenvalue weighted by Crippen LogP contribution is 2.40. The van der Waals surface area contributed by atoms with Crippen molar-refractivity contribution in [2.45, 2.75) is 39.2 Å². The second-order valence-electron chi connectivity index (χ2n) is 9.51. The minimum atomic E-state index is -0.0241. The topological polar surface area (TPSA) is 91.1 Å². The van der Waals surface area contributed by atoms with E-state index in [9.17, 15) is 10.1 Å². The molecule has 180 valence electrons. The minimum absolute atomic E-state index is 0.000579. The summed E-state index contributed by atoms with van der Waals surface area (Å²) in [6.07, 6.45) is 2.64. The summed E-state index contributed by atoms with van der Waals surface area (Å²) in [5.74, 6) is 0.490. The third kappa shape index (κ3) is 4.93. The van der Waals surface area contributed by atoms with Crippen LogP contribution in [0.25, 0.3) is 21.1 Å². The van der Waals surface area contributed by atoms with Gasteiger partial charge in [0.1, 0.15) is 10.0 Å². The molecule has 2 heterocycles. The van der Waals surface area contributed by atoms with Crippen molar-refractivity contribution in [2.75, 3.05) is 26.3 Å². The molecule has 7 nitrogen and oxygen atoms in total. The number of aromatic nitrogens is 2. The van der Waals surface area contributed by atoms with Gasteiger partial charge in [0.15, 0.2) is 0 Å². The van der Waals surface area contributed by atoms with Crippen LogP contribution in [-0.2, 0) is 17.6 Å². The Hall–Kier alpha value is -3.28. The first-order chi connectivity index (χ1) is 17.0. The number of ether oxygens (including phenoxy) is 1. The number of fused-ring (bicyclic) bond motifs is 1. The molecule has 1 atom stereocenters. The lowest BCUT2D eigenvalue weighted by atomic mass is 9.97. The average Bonchev–Trinajstić information content (AvgIpc) is 3.52. The van der Waals surface area contributed by atoms with Crippen molar-refractivity contribution in [3.8, 4) is 27.2 Å². The van der Waals surface area contributed by atoms with E-state index in [1.807, 2.05) is 29.2 Å². The van der Waals surface area contributed by atoms with Crippen LogP contribution in [0.3, 0.4) is 0 Å². The molecule has 0 saturated carbocycles. The number of urea groups is 1. The number of rotatable bonds is 5. The van der Waals surface area contributed by atoms with E-state index in [0.29, 0.717) is 37.8 Å². The second kappa shape index (κ2) is 10.1. The molecule has 1 aliphatic carbocycles. The van der Waals surface area contributed by atoms with Crippen LogP contribution < -0.4 is 5.32 Å². The van der Waals surface area contributed by atoms with E-state index in [-0.39, 0.29) is 12.1 Å². The van der Waals surface area contributed by atoms with Gasteiger partial charge < -0.3 is 15.0 Å². The molecule has 1 N–H and O–H groups in total. The molecule has 0 unspecified atom stereocenters. The Morgan fingerprint density at radius 1 is 1.23 bits per heavy atom. The van der Waals surface area contributed by atoms with Gasteiger partial charge in [-0.1, -0.05) is 55.5 Å². The van der Waals surface area contributed by atoms with E-state index in [4.69, 9.17) is 4.74 Å². The maximum atomic E-state index is 12.7. The first-order valence-electron chi connectivity index (χ1n) is 12.2. The highest BCUT2D eigenvalue weighted by Gasteiger charge is 2.29. The summed E-state index contributed by atoms with van der Waals surface area (Å²) in [5.41, 5.74) is 6.15. The highest BCUT2D eigenvalue weighted by molar-refractivity contribution is 7.17. The maximum Gasteiger partial charge on any atom is 0.318 e. The zero-order chi connectivity index (χ0) is 24.4. The van der Waals surface area contributed by atoms with Crippen LogP contribution in [-0.4, -0.2) is 47.4 Å². The molecule has 0 bridgehead atoms. The van der Waals surface area contributed by atoms with Gasteiger partial charge >= 0.3 is 6.03 Å². The molecule has 2 aromatic carbocycles. The molecular weight excluding hydrogens is 458 g/mol. The van der Waals surface area contributed by atoms with Crippen molar-refractivity contribution < 1.29 is 9.53 Å². The molecule has 1 fully saturated rings. The number of nitrogens with zero attached hydrogens (tertiary/aromatic N) is 4. The van der Waals surface area contributed by atoms with E-state index in [2.05, 4.69) is 47.6 Å². The fourth-order valence-corrected chi connectivity index (χ4v) is 5.78. The zero-order valence-corrected chi connectivity index (χ0v) is 20.9. The molecule has 2 aliphatic rings.